The maximum Gasteiger partial charge on any atom is 0.407 e. The Morgan fingerprint density at radius 3 is 1.30 bits per heavy atom. The lowest BCUT2D eigenvalue weighted by molar-refractivity contribution is -0.384. The first kappa shape index (κ1) is 42.7. The van der Waals surface area contributed by atoms with Gasteiger partial charge in [0, 0.05) is 18.7 Å². The number of hydrogen-bond acceptors (Lipinski definition) is 14. The van der Waals surface area contributed by atoms with E-state index in [1.807, 2.05) is 30.3 Å². The molecule has 0 aromatic heterocycles. The van der Waals surface area contributed by atoms with Gasteiger partial charge in [0.25, 0.3) is 5.69 Å². The predicted molar refractivity (Wildman–Crippen MR) is 181 cm³/mol. The SMILES string of the molecule is O=C(NCCOCCOCCOCCOCCOCCOCCOCCOCCOCCOc1ccc([N+](=O)[O-])cc1)OCc1ccccc1. The van der Waals surface area contributed by atoms with Crippen molar-refractivity contribution in [3.8, 4) is 5.75 Å². The van der Waals surface area contributed by atoms with E-state index in [0.29, 0.717) is 138 Å². The van der Waals surface area contributed by atoms with E-state index >= 15 is 0 Å². The molecule has 0 aliphatic heterocycles. The summed E-state index contributed by atoms with van der Waals surface area (Å²) in [6.07, 6.45) is -0.476. The third-order valence-corrected chi connectivity index (χ3v) is 6.25. The molecule has 0 bridgehead atoms. The molecule has 2 aromatic carbocycles. The van der Waals surface area contributed by atoms with Crippen LogP contribution in [0.4, 0.5) is 10.5 Å². The van der Waals surface area contributed by atoms with Crippen LogP contribution in [0.1, 0.15) is 5.56 Å². The Bertz CT molecular complexity index is 1080. The number of alkyl carbamates (subject to hydrolysis) is 1. The van der Waals surface area contributed by atoms with Crippen molar-refractivity contribution >= 4 is 11.8 Å². The fourth-order valence-electron chi connectivity index (χ4n) is 3.74. The van der Waals surface area contributed by atoms with E-state index in [9.17, 15) is 14.9 Å². The van der Waals surface area contributed by atoms with Crippen LogP contribution >= 0.6 is 0 Å². The summed E-state index contributed by atoms with van der Waals surface area (Å²) < 4.78 is 59.6. The normalized spacial score (nSPS) is 11.0. The van der Waals surface area contributed by atoms with Crippen LogP contribution in [-0.2, 0) is 54.0 Å². The lowest BCUT2D eigenvalue weighted by Gasteiger charge is -2.09. The van der Waals surface area contributed by atoms with Gasteiger partial charge < -0.3 is 57.4 Å². The molecule has 0 saturated heterocycles. The van der Waals surface area contributed by atoms with Crippen molar-refractivity contribution in [1.82, 2.24) is 5.32 Å². The van der Waals surface area contributed by atoms with Gasteiger partial charge in [-0.25, -0.2) is 4.79 Å². The fraction of sp³-hybridized carbons (Fsp3) is 0.618. The highest BCUT2D eigenvalue weighted by Gasteiger charge is 2.04. The average molecular weight is 713 g/mol. The van der Waals surface area contributed by atoms with Crippen molar-refractivity contribution in [2.75, 3.05) is 132 Å². The Kier molecular flexibility index (Phi) is 26.9. The molecule has 0 aliphatic rings. The highest BCUT2D eigenvalue weighted by Crippen LogP contribution is 2.17. The van der Waals surface area contributed by atoms with Crippen LogP contribution in [0, 0.1) is 10.1 Å². The Labute approximate surface area is 293 Å². The van der Waals surface area contributed by atoms with Crippen LogP contribution in [0.3, 0.4) is 0 Å². The number of nitro benzene ring substituents is 1. The molecule has 1 N–H and O–H groups in total. The summed E-state index contributed by atoms with van der Waals surface area (Å²) in [6.45, 7) is 9.02. The Morgan fingerprint density at radius 2 is 0.900 bits per heavy atom. The van der Waals surface area contributed by atoms with Crippen molar-refractivity contribution in [3.63, 3.8) is 0 Å². The van der Waals surface area contributed by atoms with E-state index in [1.165, 1.54) is 12.1 Å². The molecule has 0 fully saturated rings. The van der Waals surface area contributed by atoms with Crippen LogP contribution in [0.5, 0.6) is 5.75 Å². The number of rotatable bonds is 34. The summed E-state index contributed by atoms with van der Waals surface area (Å²) >= 11 is 0. The molecule has 16 heteroatoms. The molecule has 0 radical (unpaired) electrons. The molecular weight excluding hydrogens is 660 g/mol. The van der Waals surface area contributed by atoms with E-state index in [-0.39, 0.29) is 12.3 Å². The number of hydrogen-bond donors (Lipinski definition) is 1. The minimum absolute atomic E-state index is 0.0217. The maximum atomic E-state index is 11.6. The minimum atomic E-state index is -0.476. The lowest BCUT2D eigenvalue weighted by atomic mass is 10.2. The average Bonchev–Trinajstić information content (AvgIpc) is 3.13. The number of ether oxygens (including phenoxy) is 11. The molecule has 0 atom stereocenters. The van der Waals surface area contributed by atoms with Gasteiger partial charge in [0.15, 0.2) is 0 Å². The van der Waals surface area contributed by atoms with Gasteiger partial charge in [-0.3, -0.25) is 10.1 Å². The molecule has 50 heavy (non-hydrogen) atoms. The monoisotopic (exact) mass is 712 g/mol. The van der Waals surface area contributed by atoms with E-state index in [1.54, 1.807) is 12.1 Å². The smallest absolute Gasteiger partial charge is 0.407 e. The van der Waals surface area contributed by atoms with Gasteiger partial charge in [0.2, 0.25) is 0 Å². The second-order valence-corrected chi connectivity index (χ2v) is 10.1. The van der Waals surface area contributed by atoms with Gasteiger partial charge in [0.05, 0.1) is 124 Å². The van der Waals surface area contributed by atoms with Gasteiger partial charge in [-0.2, -0.15) is 0 Å². The molecule has 0 unspecified atom stereocenters. The van der Waals surface area contributed by atoms with Crippen molar-refractivity contribution in [2.45, 2.75) is 6.61 Å². The van der Waals surface area contributed by atoms with Crippen molar-refractivity contribution in [3.05, 3.63) is 70.3 Å². The van der Waals surface area contributed by atoms with Crippen molar-refractivity contribution in [2.24, 2.45) is 0 Å². The van der Waals surface area contributed by atoms with E-state index in [0.717, 1.165) is 5.56 Å². The van der Waals surface area contributed by atoms with E-state index in [4.69, 9.17) is 52.1 Å². The van der Waals surface area contributed by atoms with Gasteiger partial charge in [-0.15, -0.1) is 0 Å². The minimum Gasteiger partial charge on any atom is -0.491 e. The molecule has 2 aromatic rings. The summed E-state index contributed by atoms with van der Waals surface area (Å²) in [7, 11) is 0. The first-order valence-electron chi connectivity index (χ1n) is 16.7. The summed E-state index contributed by atoms with van der Waals surface area (Å²) in [5.74, 6) is 0.551. The quantitative estimate of drug-likeness (QED) is 0.0637. The van der Waals surface area contributed by atoms with Crippen molar-refractivity contribution < 1.29 is 61.8 Å². The summed E-state index contributed by atoms with van der Waals surface area (Å²) in [4.78, 5) is 21.8. The molecule has 0 heterocycles. The molecule has 1 amide bonds. The summed E-state index contributed by atoms with van der Waals surface area (Å²) in [5.41, 5.74) is 0.953. The number of benzene rings is 2. The molecule has 0 saturated carbocycles. The molecule has 16 nitrogen and oxygen atoms in total. The number of amides is 1. The number of non-ortho nitro benzene ring substituents is 1. The zero-order valence-electron chi connectivity index (χ0n) is 28.7. The maximum absolute atomic E-state index is 11.6. The zero-order valence-corrected chi connectivity index (χ0v) is 28.7. The first-order valence-corrected chi connectivity index (χ1v) is 16.7. The first-order chi connectivity index (χ1) is 24.6. The standard InChI is InChI=1S/C34H52N2O14/c37-34(50-30-31-4-2-1-3-5-31)35-10-11-40-12-13-41-14-15-42-16-17-43-18-19-44-20-21-45-22-23-46-24-25-47-26-27-48-28-29-49-33-8-6-32(7-9-33)36(38)39/h1-9H,10-30H2,(H,35,37). The number of nitro groups is 1. The molecule has 2 rings (SSSR count). The van der Waals surface area contributed by atoms with Gasteiger partial charge >= 0.3 is 6.09 Å². The topological polar surface area (TPSA) is 174 Å². The second kappa shape index (κ2) is 31.5. The Hall–Kier alpha value is -3.45. The van der Waals surface area contributed by atoms with E-state index < -0.39 is 11.0 Å². The Morgan fingerprint density at radius 1 is 0.520 bits per heavy atom. The third kappa shape index (κ3) is 25.5. The predicted octanol–water partition coefficient (Wildman–Crippen LogP) is 3.05. The van der Waals surface area contributed by atoms with E-state index in [2.05, 4.69) is 5.32 Å². The zero-order chi connectivity index (χ0) is 35.6. The second-order valence-electron chi connectivity index (χ2n) is 10.1. The van der Waals surface area contributed by atoms with Crippen LogP contribution < -0.4 is 10.1 Å². The van der Waals surface area contributed by atoms with Gasteiger partial charge in [-0.05, 0) is 17.7 Å². The number of nitrogens with zero attached hydrogens (tertiary/aromatic N) is 1. The molecule has 0 aliphatic carbocycles. The number of nitrogens with one attached hydrogen (secondary N) is 1. The highest BCUT2D eigenvalue weighted by atomic mass is 16.6. The third-order valence-electron chi connectivity index (χ3n) is 6.25. The Balaban J connectivity index is 1.17. The van der Waals surface area contributed by atoms with Gasteiger partial charge in [0.1, 0.15) is 19.0 Å². The summed E-state index contributed by atoms with van der Waals surface area (Å²) in [6, 6.07) is 15.4. The largest absolute Gasteiger partial charge is 0.491 e. The molecular formula is C34H52N2O14. The van der Waals surface area contributed by atoms with Crippen LogP contribution in [0.15, 0.2) is 54.6 Å². The molecule has 0 spiro atoms. The van der Waals surface area contributed by atoms with Crippen LogP contribution in [0.25, 0.3) is 0 Å². The van der Waals surface area contributed by atoms with Crippen molar-refractivity contribution in [1.29, 1.82) is 0 Å². The fourth-order valence-corrected chi connectivity index (χ4v) is 3.74. The number of carbonyl (C=O) groups is 1. The van der Waals surface area contributed by atoms with Gasteiger partial charge in [-0.1, -0.05) is 30.3 Å². The number of carbonyl (C=O) groups excluding carboxylic acids is 1. The van der Waals surface area contributed by atoms with Crippen LogP contribution in [0.2, 0.25) is 0 Å². The summed E-state index contributed by atoms with van der Waals surface area (Å²) in [5, 5.41) is 13.3. The highest BCUT2D eigenvalue weighted by molar-refractivity contribution is 5.67. The van der Waals surface area contributed by atoms with Crippen LogP contribution in [-0.4, -0.2) is 143 Å². The molecule has 282 valence electrons. The lowest BCUT2D eigenvalue weighted by Crippen LogP contribution is -2.28.